The van der Waals surface area contributed by atoms with E-state index in [1.807, 2.05) is 19.1 Å². The number of benzene rings is 1. The highest BCUT2D eigenvalue weighted by molar-refractivity contribution is 5.64. The van der Waals surface area contributed by atoms with E-state index in [2.05, 4.69) is 15.7 Å². The number of hydrogen-bond donors (Lipinski definition) is 0. The van der Waals surface area contributed by atoms with E-state index < -0.39 is 0 Å². The molecule has 5 heteroatoms. The van der Waals surface area contributed by atoms with Crippen molar-refractivity contribution in [2.45, 2.75) is 13.3 Å². The van der Waals surface area contributed by atoms with Gasteiger partial charge in [-0.2, -0.15) is 0 Å². The van der Waals surface area contributed by atoms with Crippen LogP contribution in [0, 0.1) is 29.4 Å². The molecule has 1 aliphatic rings. The van der Waals surface area contributed by atoms with Crippen molar-refractivity contribution in [1.29, 1.82) is 0 Å². The van der Waals surface area contributed by atoms with Gasteiger partial charge in [-0.15, -0.1) is 12.3 Å². The lowest BCUT2D eigenvalue weighted by molar-refractivity contribution is -0.384. The lowest BCUT2D eigenvalue weighted by atomic mass is 10.1. The molecule has 0 aliphatic carbocycles. The Kier molecular flexibility index (Phi) is 4.59. The summed E-state index contributed by atoms with van der Waals surface area (Å²) in [6.07, 6.45) is 6.02. The monoisotopic (exact) mass is 273 g/mol. The Morgan fingerprint density at radius 1 is 1.35 bits per heavy atom. The SMILES string of the molecule is C#CCCN1CCN(c2ccc(C)cc2[N+](=O)[O-])CC1. The summed E-state index contributed by atoms with van der Waals surface area (Å²) in [5, 5.41) is 11.2. The fraction of sp³-hybridized carbons (Fsp3) is 0.467. The Morgan fingerprint density at radius 3 is 2.65 bits per heavy atom. The van der Waals surface area contributed by atoms with E-state index in [0.29, 0.717) is 0 Å². The third-order valence-electron chi connectivity index (χ3n) is 3.61. The van der Waals surface area contributed by atoms with Crippen molar-refractivity contribution in [2.75, 3.05) is 37.6 Å². The lowest BCUT2D eigenvalue weighted by Crippen LogP contribution is -2.46. The maximum atomic E-state index is 11.2. The van der Waals surface area contributed by atoms with Gasteiger partial charge in [-0.25, -0.2) is 0 Å². The van der Waals surface area contributed by atoms with Crippen molar-refractivity contribution in [3.8, 4) is 12.3 Å². The second-order valence-electron chi connectivity index (χ2n) is 5.03. The number of nitrogens with zero attached hydrogens (tertiary/aromatic N) is 3. The number of nitro groups is 1. The van der Waals surface area contributed by atoms with Crippen molar-refractivity contribution in [2.24, 2.45) is 0 Å². The minimum absolute atomic E-state index is 0.196. The zero-order chi connectivity index (χ0) is 14.5. The van der Waals surface area contributed by atoms with Crippen molar-refractivity contribution in [3.05, 3.63) is 33.9 Å². The molecule has 0 bridgehead atoms. The van der Waals surface area contributed by atoms with E-state index in [-0.39, 0.29) is 10.6 Å². The van der Waals surface area contributed by atoms with Gasteiger partial charge >= 0.3 is 0 Å². The molecular weight excluding hydrogens is 254 g/mol. The van der Waals surface area contributed by atoms with Gasteiger partial charge in [0.25, 0.3) is 5.69 Å². The number of piperazine rings is 1. The molecule has 1 saturated heterocycles. The first-order chi connectivity index (χ1) is 9.61. The van der Waals surface area contributed by atoms with Crippen LogP contribution in [0.1, 0.15) is 12.0 Å². The van der Waals surface area contributed by atoms with Crippen LogP contribution in [-0.2, 0) is 0 Å². The Labute approximate surface area is 119 Å². The summed E-state index contributed by atoms with van der Waals surface area (Å²) in [4.78, 5) is 15.3. The first kappa shape index (κ1) is 14.4. The molecule has 106 valence electrons. The van der Waals surface area contributed by atoms with Gasteiger partial charge in [0.05, 0.1) is 4.92 Å². The van der Waals surface area contributed by atoms with Crippen LogP contribution in [-0.4, -0.2) is 42.5 Å². The second-order valence-corrected chi connectivity index (χ2v) is 5.03. The summed E-state index contributed by atoms with van der Waals surface area (Å²) in [5.74, 6) is 2.64. The van der Waals surface area contributed by atoms with Gasteiger partial charge in [-0.1, -0.05) is 6.07 Å². The predicted molar refractivity (Wildman–Crippen MR) is 79.9 cm³/mol. The fourth-order valence-corrected chi connectivity index (χ4v) is 2.48. The van der Waals surface area contributed by atoms with Gasteiger partial charge in [-0.05, 0) is 18.6 Å². The van der Waals surface area contributed by atoms with Crippen molar-refractivity contribution in [1.82, 2.24) is 4.90 Å². The molecule has 0 aromatic heterocycles. The van der Waals surface area contributed by atoms with Gasteiger partial charge < -0.3 is 4.90 Å². The molecular formula is C15H19N3O2. The second kappa shape index (κ2) is 6.40. The molecule has 0 spiro atoms. The minimum atomic E-state index is -0.299. The fourth-order valence-electron chi connectivity index (χ4n) is 2.48. The molecule has 5 nitrogen and oxygen atoms in total. The number of nitro benzene ring substituents is 1. The van der Waals surface area contributed by atoms with Crippen molar-refractivity contribution < 1.29 is 4.92 Å². The topological polar surface area (TPSA) is 49.6 Å². The molecule has 1 aromatic rings. The highest BCUT2D eigenvalue weighted by Gasteiger charge is 2.23. The Hall–Kier alpha value is -2.06. The molecule has 0 atom stereocenters. The van der Waals surface area contributed by atoms with Crippen LogP contribution >= 0.6 is 0 Å². The molecule has 1 aromatic carbocycles. The van der Waals surface area contributed by atoms with Crippen molar-refractivity contribution >= 4 is 11.4 Å². The van der Waals surface area contributed by atoms with Gasteiger partial charge in [0.1, 0.15) is 5.69 Å². The zero-order valence-corrected chi connectivity index (χ0v) is 11.7. The molecule has 0 amide bonds. The number of aryl methyl sites for hydroxylation is 1. The van der Waals surface area contributed by atoms with Crippen molar-refractivity contribution in [3.63, 3.8) is 0 Å². The normalized spacial score (nSPS) is 15.9. The molecule has 1 heterocycles. The molecule has 0 saturated carbocycles. The van der Waals surface area contributed by atoms with E-state index in [1.165, 1.54) is 0 Å². The van der Waals surface area contributed by atoms with E-state index in [1.54, 1.807) is 6.07 Å². The molecule has 0 unspecified atom stereocenters. The maximum Gasteiger partial charge on any atom is 0.292 e. The van der Waals surface area contributed by atoms with E-state index in [9.17, 15) is 10.1 Å². The highest BCUT2D eigenvalue weighted by Crippen LogP contribution is 2.29. The first-order valence-electron chi connectivity index (χ1n) is 6.77. The summed E-state index contributed by atoms with van der Waals surface area (Å²) in [6.45, 7) is 6.16. The van der Waals surface area contributed by atoms with Crippen LogP contribution in [0.25, 0.3) is 0 Å². The van der Waals surface area contributed by atoms with Gasteiger partial charge in [0.15, 0.2) is 0 Å². The number of terminal acetylenes is 1. The first-order valence-corrected chi connectivity index (χ1v) is 6.77. The van der Waals surface area contributed by atoms with Gasteiger partial charge in [0.2, 0.25) is 0 Å². The average molecular weight is 273 g/mol. The third-order valence-corrected chi connectivity index (χ3v) is 3.61. The third kappa shape index (κ3) is 3.28. The minimum Gasteiger partial charge on any atom is -0.363 e. The molecule has 20 heavy (non-hydrogen) atoms. The van der Waals surface area contributed by atoms with Crippen LogP contribution in [0.2, 0.25) is 0 Å². The van der Waals surface area contributed by atoms with Crippen LogP contribution in [0.4, 0.5) is 11.4 Å². The lowest BCUT2D eigenvalue weighted by Gasteiger charge is -2.35. The summed E-state index contributed by atoms with van der Waals surface area (Å²) in [6, 6.07) is 5.41. The molecule has 1 aliphatic heterocycles. The van der Waals surface area contributed by atoms with Crippen LogP contribution in [0.15, 0.2) is 18.2 Å². The average Bonchev–Trinajstić information content (AvgIpc) is 2.45. The molecule has 2 rings (SSSR count). The number of rotatable bonds is 4. The Morgan fingerprint density at radius 2 is 2.05 bits per heavy atom. The molecule has 0 radical (unpaired) electrons. The standard InChI is InChI=1S/C15H19N3O2/c1-3-4-7-16-8-10-17(11-9-16)14-6-5-13(2)12-15(14)18(19)20/h1,5-6,12H,4,7-11H2,2H3. The quantitative estimate of drug-likeness (QED) is 0.478. The van der Waals surface area contributed by atoms with Gasteiger partial charge in [0, 0.05) is 45.2 Å². The van der Waals surface area contributed by atoms with E-state index in [0.717, 1.165) is 50.4 Å². The van der Waals surface area contributed by atoms with Gasteiger partial charge in [-0.3, -0.25) is 15.0 Å². The number of hydrogen-bond acceptors (Lipinski definition) is 4. The summed E-state index contributed by atoms with van der Waals surface area (Å²) < 4.78 is 0. The zero-order valence-electron chi connectivity index (χ0n) is 11.7. The predicted octanol–water partition coefficient (Wildman–Crippen LogP) is 2.05. The summed E-state index contributed by atoms with van der Waals surface area (Å²) >= 11 is 0. The summed E-state index contributed by atoms with van der Waals surface area (Å²) in [5.41, 5.74) is 1.83. The van der Waals surface area contributed by atoms with Crippen LogP contribution < -0.4 is 4.90 Å². The smallest absolute Gasteiger partial charge is 0.292 e. The molecule has 1 fully saturated rings. The Balaban J connectivity index is 2.07. The van der Waals surface area contributed by atoms with E-state index >= 15 is 0 Å². The summed E-state index contributed by atoms with van der Waals surface area (Å²) in [7, 11) is 0. The largest absolute Gasteiger partial charge is 0.363 e. The highest BCUT2D eigenvalue weighted by atomic mass is 16.6. The Bertz CT molecular complexity index is 528. The van der Waals surface area contributed by atoms with Crippen LogP contribution in [0.5, 0.6) is 0 Å². The maximum absolute atomic E-state index is 11.2. The molecule has 0 N–H and O–H groups in total. The number of anilines is 1. The van der Waals surface area contributed by atoms with Crippen LogP contribution in [0.3, 0.4) is 0 Å². The van der Waals surface area contributed by atoms with E-state index in [4.69, 9.17) is 6.42 Å².